The van der Waals surface area contributed by atoms with Gasteiger partial charge in [0, 0.05) is 30.8 Å². The third-order valence-corrected chi connectivity index (χ3v) is 5.72. The number of amides is 1. The summed E-state index contributed by atoms with van der Waals surface area (Å²) in [4.78, 5) is 14.1. The number of carbonyl (C=O) groups excluding carboxylic acids is 1. The average molecular weight is 376 g/mol. The Kier molecular flexibility index (Phi) is 5.15. The Bertz CT molecular complexity index is 899. The molecule has 1 unspecified atom stereocenters. The molecule has 1 fully saturated rings. The third-order valence-electron chi connectivity index (χ3n) is 4.18. The Balaban J connectivity index is 1.77. The van der Waals surface area contributed by atoms with Gasteiger partial charge < -0.3 is 14.4 Å². The van der Waals surface area contributed by atoms with Gasteiger partial charge in [-0.05, 0) is 24.3 Å². The minimum atomic E-state index is -3.67. The van der Waals surface area contributed by atoms with Gasteiger partial charge in [-0.25, -0.2) is 13.1 Å². The van der Waals surface area contributed by atoms with Crippen LogP contribution in [0.4, 0.5) is 5.69 Å². The van der Waals surface area contributed by atoms with Gasteiger partial charge in [0.15, 0.2) is 11.5 Å². The van der Waals surface area contributed by atoms with E-state index >= 15 is 0 Å². The number of nitrogens with one attached hydrogen (secondary N) is 1. The van der Waals surface area contributed by atoms with Crippen molar-refractivity contribution in [2.24, 2.45) is 0 Å². The van der Waals surface area contributed by atoms with Gasteiger partial charge in [-0.3, -0.25) is 4.79 Å². The van der Waals surface area contributed by atoms with Crippen LogP contribution < -0.4 is 19.1 Å². The molecule has 8 heteroatoms. The van der Waals surface area contributed by atoms with Crippen LogP contribution in [0, 0.1) is 0 Å². The summed E-state index contributed by atoms with van der Waals surface area (Å²) >= 11 is 0. The molecule has 0 saturated carbocycles. The first-order chi connectivity index (χ1) is 12.4. The lowest BCUT2D eigenvalue weighted by Gasteiger charge is -2.19. The van der Waals surface area contributed by atoms with Crippen molar-refractivity contribution < 1.29 is 22.7 Å². The molecule has 1 heterocycles. The summed E-state index contributed by atoms with van der Waals surface area (Å²) in [6.07, 6.45) is 0.0976. The second-order valence-electron chi connectivity index (χ2n) is 5.88. The van der Waals surface area contributed by atoms with Crippen molar-refractivity contribution in [1.29, 1.82) is 0 Å². The van der Waals surface area contributed by atoms with Gasteiger partial charge in [-0.15, -0.1) is 0 Å². The molecule has 0 aromatic heterocycles. The van der Waals surface area contributed by atoms with Crippen LogP contribution >= 0.6 is 0 Å². The number of hydrogen-bond acceptors (Lipinski definition) is 5. The molecule has 7 nitrogen and oxygen atoms in total. The maximum atomic E-state index is 12.4. The van der Waals surface area contributed by atoms with Gasteiger partial charge in [0.1, 0.15) is 0 Å². The Morgan fingerprint density at radius 3 is 2.38 bits per heavy atom. The fourth-order valence-corrected chi connectivity index (χ4v) is 4.16. The zero-order chi connectivity index (χ0) is 18.7. The zero-order valence-corrected chi connectivity index (χ0v) is 15.3. The third kappa shape index (κ3) is 3.66. The molecule has 3 rings (SSSR count). The highest BCUT2D eigenvalue weighted by Gasteiger charge is 2.34. The van der Waals surface area contributed by atoms with Gasteiger partial charge in [0.2, 0.25) is 15.9 Å². The maximum absolute atomic E-state index is 12.4. The molecule has 1 atom stereocenters. The lowest BCUT2D eigenvalue weighted by Crippen LogP contribution is -2.37. The van der Waals surface area contributed by atoms with Crippen LogP contribution in [0.5, 0.6) is 11.5 Å². The van der Waals surface area contributed by atoms with E-state index in [0.29, 0.717) is 17.2 Å². The van der Waals surface area contributed by atoms with E-state index in [0.717, 1.165) is 0 Å². The van der Waals surface area contributed by atoms with Crippen LogP contribution in [0.1, 0.15) is 6.42 Å². The summed E-state index contributed by atoms with van der Waals surface area (Å²) in [7, 11) is -0.617. The monoisotopic (exact) mass is 376 g/mol. The van der Waals surface area contributed by atoms with Gasteiger partial charge in [-0.1, -0.05) is 18.2 Å². The summed E-state index contributed by atoms with van der Waals surface area (Å²) in [5, 5.41) is 0. The van der Waals surface area contributed by atoms with E-state index in [1.807, 2.05) is 0 Å². The van der Waals surface area contributed by atoms with E-state index in [1.54, 1.807) is 41.3 Å². The lowest BCUT2D eigenvalue weighted by molar-refractivity contribution is -0.117. The quantitative estimate of drug-likeness (QED) is 0.831. The minimum absolute atomic E-state index is 0.0976. The molecule has 1 aliphatic heterocycles. The number of sulfonamides is 1. The van der Waals surface area contributed by atoms with E-state index in [2.05, 4.69) is 4.72 Å². The number of hydrogen-bond donors (Lipinski definition) is 1. The van der Waals surface area contributed by atoms with E-state index in [9.17, 15) is 13.2 Å². The average Bonchev–Trinajstić information content (AvgIpc) is 3.01. The van der Waals surface area contributed by atoms with Gasteiger partial charge >= 0.3 is 0 Å². The van der Waals surface area contributed by atoms with Crippen molar-refractivity contribution in [3.8, 4) is 11.5 Å². The van der Waals surface area contributed by atoms with Crippen molar-refractivity contribution in [3.05, 3.63) is 48.5 Å². The first-order valence-electron chi connectivity index (χ1n) is 8.04. The van der Waals surface area contributed by atoms with E-state index in [-0.39, 0.29) is 23.8 Å². The summed E-state index contributed by atoms with van der Waals surface area (Å²) in [5.41, 5.74) is 0.633. The Morgan fingerprint density at radius 1 is 1.04 bits per heavy atom. The molecule has 2 aromatic carbocycles. The van der Waals surface area contributed by atoms with Crippen molar-refractivity contribution in [2.45, 2.75) is 17.4 Å². The summed E-state index contributed by atoms with van der Waals surface area (Å²) in [6, 6.07) is 12.8. The van der Waals surface area contributed by atoms with Gasteiger partial charge in [0.25, 0.3) is 0 Å². The van der Waals surface area contributed by atoms with Crippen LogP contribution in [0.15, 0.2) is 53.4 Å². The fraction of sp³-hybridized carbons (Fsp3) is 0.278. The number of rotatable bonds is 6. The van der Waals surface area contributed by atoms with Gasteiger partial charge in [-0.2, -0.15) is 0 Å². The number of anilines is 1. The molecule has 1 amide bonds. The molecule has 2 aromatic rings. The predicted octanol–water partition coefficient (Wildman–Crippen LogP) is 1.79. The molecule has 0 spiro atoms. The molecule has 26 heavy (non-hydrogen) atoms. The SMILES string of the molecule is COc1ccc(N2CC(NS(=O)(=O)c3ccccc3)CC2=O)cc1OC. The topological polar surface area (TPSA) is 84.9 Å². The van der Waals surface area contributed by atoms with Crippen LogP contribution in [-0.4, -0.2) is 41.1 Å². The molecule has 0 radical (unpaired) electrons. The maximum Gasteiger partial charge on any atom is 0.240 e. The molecule has 0 aliphatic carbocycles. The predicted molar refractivity (Wildman–Crippen MR) is 97.1 cm³/mol. The summed E-state index contributed by atoms with van der Waals surface area (Å²) in [5.74, 6) is 0.910. The highest BCUT2D eigenvalue weighted by atomic mass is 32.2. The zero-order valence-electron chi connectivity index (χ0n) is 14.5. The molecule has 138 valence electrons. The highest BCUT2D eigenvalue weighted by molar-refractivity contribution is 7.89. The second-order valence-corrected chi connectivity index (χ2v) is 7.59. The smallest absolute Gasteiger partial charge is 0.240 e. The second kappa shape index (κ2) is 7.35. The number of carbonyl (C=O) groups is 1. The van der Waals surface area contributed by atoms with Crippen LogP contribution in [0.2, 0.25) is 0 Å². The summed E-state index contributed by atoms with van der Waals surface area (Å²) in [6.45, 7) is 0.250. The van der Waals surface area contributed by atoms with Crippen molar-refractivity contribution in [1.82, 2.24) is 4.72 Å². The van der Waals surface area contributed by atoms with E-state index < -0.39 is 16.1 Å². The standard InChI is InChI=1S/C18H20N2O5S/c1-24-16-9-8-14(11-17(16)25-2)20-12-13(10-18(20)21)19-26(22,23)15-6-4-3-5-7-15/h3-9,11,13,19H,10,12H2,1-2H3. The molecule has 1 saturated heterocycles. The Labute approximate surface area is 152 Å². The van der Waals surface area contributed by atoms with Gasteiger partial charge in [0.05, 0.1) is 19.1 Å². The number of nitrogens with zero attached hydrogens (tertiary/aromatic N) is 1. The minimum Gasteiger partial charge on any atom is -0.493 e. The molecule has 1 aliphatic rings. The van der Waals surface area contributed by atoms with Crippen LogP contribution in [0.25, 0.3) is 0 Å². The molecular formula is C18H20N2O5S. The fourth-order valence-electron chi connectivity index (χ4n) is 2.92. The Hall–Kier alpha value is -2.58. The molecule has 0 bridgehead atoms. The Morgan fingerprint density at radius 2 is 1.73 bits per heavy atom. The molecular weight excluding hydrogens is 356 g/mol. The summed E-state index contributed by atoms with van der Waals surface area (Å²) < 4.78 is 38.0. The first kappa shape index (κ1) is 18.2. The van der Waals surface area contributed by atoms with Crippen LogP contribution in [0.3, 0.4) is 0 Å². The van der Waals surface area contributed by atoms with Crippen molar-refractivity contribution in [2.75, 3.05) is 25.7 Å². The van der Waals surface area contributed by atoms with Crippen molar-refractivity contribution >= 4 is 21.6 Å². The number of methoxy groups -OCH3 is 2. The largest absolute Gasteiger partial charge is 0.493 e. The molecule has 1 N–H and O–H groups in total. The first-order valence-corrected chi connectivity index (χ1v) is 9.52. The highest BCUT2D eigenvalue weighted by Crippen LogP contribution is 2.33. The van der Waals surface area contributed by atoms with E-state index in [4.69, 9.17) is 9.47 Å². The number of benzene rings is 2. The lowest BCUT2D eigenvalue weighted by atomic mass is 10.2. The number of ether oxygens (including phenoxy) is 2. The van der Waals surface area contributed by atoms with E-state index in [1.165, 1.54) is 26.4 Å². The van der Waals surface area contributed by atoms with Crippen LogP contribution in [-0.2, 0) is 14.8 Å². The normalized spacial score (nSPS) is 17.4. The van der Waals surface area contributed by atoms with Crippen molar-refractivity contribution in [3.63, 3.8) is 0 Å².